The quantitative estimate of drug-likeness (QED) is 0.848. The van der Waals surface area contributed by atoms with Crippen molar-refractivity contribution in [2.75, 3.05) is 19.7 Å². The minimum atomic E-state index is -0.495. The molecule has 19 heavy (non-hydrogen) atoms. The van der Waals surface area contributed by atoms with Crippen molar-refractivity contribution in [2.24, 2.45) is 0 Å². The molecule has 1 aliphatic rings. The molecule has 0 N–H and O–H groups in total. The van der Waals surface area contributed by atoms with Gasteiger partial charge in [0.15, 0.2) is 0 Å². The van der Waals surface area contributed by atoms with Crippen molar-refractivity contribution in [1.82, 2.24) is 4.90 Å². The smallest absolute Gasteiger partial charge is 0.258 e. The molecule has 0 aromatic heterocycles. The average molecular weight is 330 g/mol. The lowest BCUT2D eigenvalue weighted by Gasteiger charge is -2.24. The van der Waals surface area contributed by atoms with Gasteiger partial charge >= 0.3 is 0 Å². The lowest BCUT2D eigenvalue weighted by atomic mass is 10.1. The van der Waals surface area contributed by atoms with Gasteiger partial charge in [0.25, 0.3) is 5.91 Å². The van der Waals surface area contributed by atoms with Crippen LogP contribution in [0.15, 0.2) is 22.7 Å². The van der Waals surface area contributed by atoms with E-state index in [1.165, 1.54) is 6.07 Å². The van der Waals surface area contributed by atoms with Gasteiger partial charge in [0.05, 0.1) is 11.7 Å². The maximum atomic E-state index is 13.8. The third-order valence-corrected chi connectivity index (χ3v) is 3.95. The molecule has 0 saturated carbocycles. The first-order valence-electron chi connectivity index (χ1n) is 6.48. The summed E-state index contributed by atoms with van der Waals surface area (Å²) in [6.45, 7) is 3.71. The van der Waals surface area contributed by atoms with Crippen LogP contribution in [-0.4, -0.2) is 36.6 Å². The maximum absolute atomic E-state index is 13.8. The molecule has 0 radical (unpaired) electrons. The number of amides is 1. The molecule has 3 nitrogen and oxygen atoms in total. The van der Waals surface area contributed by atoms with Crippen molar-refractivity contribution in [3.63, 3.8) is 0 Å². The largest absolute Gasteiger partial charge is 0.376 e. The molecule has 1 atom stereocenters. The van der Waals surface area contributed by atoms with E-state index in [1.807, 2.05) is 6.92 Å². The topological polar surface area (TPSA) is 29.5 Å². The maximum Gasteiger partial charge on any atom is 0.258 e. The van der Waals surface area contributed by atoms with Crippen LogP contribution < -0.4 is 0 Å². The Bertz CT molecular complexity index is 441. The predicted molar refractivity (Wildman–Crippen MR) is 74.7 cm³/mol. The molecule has 2 rings (SSSR count). The highest BCUT2D eigenvalue weighted by atomic mass is 79.9. The summed E-state index contributed by atoms with van der Waals surface area (Å²) in [5.41, 5.74) is 0.0994. The average Bonchev–Trinajstić information content (AvgIpc) is 2.88. The summed E-state index contributed by atoms with van der Waals surface area (Å²) >= 11 is 3.24. The normalized spacial score (nSPS) is 18.6. The van der Waals surface area contributed by atoms with Crippen LogP contribution in [-0.2, 0) is 4.74 Å². The second-order valence-electron chi connectivity index (χ2n) is 4.58. The molecule has 1 saturated heterocycles. The Morgan fingerprint density at radius 2 is 2.37 bits per heavy atom. The minimum absolute atomic E-state index is 0.0782. The van der Waals surface area contributed by atoms with Gasteiger partial charge < -0.3 is 9.64 Å². The highest BCUT2D eigenvalue weighted by molar-refractivity contribution is 9.10. The van der Waals surface area contributed by atoms with Gasteiger partial charge in [-0.2, -0.15) is 0 Å². The van der Waals surface area contributed by atoms with E-state index in [4.69, 9.17) is 4.74 Å². The number of halogens is 2. The van der Waals surface area contributed by atoms with Crippen molar-refractivity contribution < 1.29 is 13.9 Å². The lowest BCUT2D eigenvalue weighted by Crippen LogP contribution is -2.37. The number of ether oxygens (including phenoxy) is 1. The molecule has 1 heterocycles. The number of hydrogen-bond acceptors (Lipinski definition) is 2. The number of carbonyl (C=O) groups excluding carboxylic acids is 1. The van der Waals surface area contributed by atoms with Gasteiger partial charge in [-0.05, 0) is 47.8 Å². The van der Waals surface area contributed by atoms with Gasteiger partial charge in [-0.15, -0.1) is 0 Å². The minimum Gasteiger partial charge on any atom is -0.376 e. The number of benzene rings is 1. The van der Waals surface area contributed by atoms with Crippen LogP contribution in [0.3, 0.4) is 0 Å². The lowest BCUT2D eigenvalue weighted by molar-refractivity contribution is 0.0535. The van der Waals surface area contributed by atoms with Gasteiger partial charge in [0, 0.05) is 24.2 Å². The van der Waals surface area contributed by atoms with Gasteiger partial charge in [-0.3, -0.25) is 4.79 Å². The second-order valence-corrected chi connectivity index (χ2v) is 5.43. The summed E-state index contributed by atoms with van der Waals surface area (Å²) < 4.78 is 19.8. The zero-order chi connectivity index (χ0) is 13.8. The van der Waals surface area contributed by atoms with Crippen molar-refractivity contribution in [2.45, 2.75) is 25.9 Å². The van der Waals surface area contributed by atoms with E-state index in [9.17, 15) is 9.18 Å². The third kappa shape index (κ3) is 3.34. The van der Waals surface area contributed by atoms with Crippen LogP contribution in [0.5, 0.6) is 0 Å². The molecule has 1 amide bonds. The van der Waals surface area contributed by atoms with E-state index in [0.29, 0.717) is 17.6 Å². The van der Waals surface area contributed by atoms with E-state index in [1.54, 1.807) is 17.0 Å². The first-order chi connectivity index (χ1) is 9.13. The molecule has 104 valence electrons. The molecular weight excluding hydrogens is 313 g/mol. The molecule has 1 unspecified atom stereocenters. The van der Waals surface area contributed by atoms with Crippen LogP contribution >= 0.6 is 15.9 Å². The van der Waals surface area contributed by atoms with E-state index in [-0.39, 0.29) is 17.6 Å². The highest BCUT2D eigenvalue weighted by Gasteiger charge is 2.25. The fourth-order valence-electron chi connectivity index (χ4n) is 2.25. The standard InChI is InChI=1S/C14H17BrFNO2/c1-2-17(9-10-5-4-8-19-10)14(18)13-11(15)6-3-7-12(13)16/h3,6-7,10H,2,4-5,8-9H2,1H3. The summed E-state index contributed by atoms with van der Waals surface area (Å²) in [5.74, 6) is -0.784. The molecule has 5 heteroatoms. The van der Waals surface area contributed by atoms with Crippen LogP contribution in [0.1, 0.15) is 30.1 Å². The molecule has 1 fully saturated rings. The van der Waals surface area contributed by atoms with Crippen LogP contribution in [0.2, 0.25) is 0 Å². The van der Waals surface area contributed by atoms with Gasteiger partial charge in [-0.1, -0.05) is 6.07 Å². The summed E-state index contributed by atoms with van der Waals surface area (Å²) in [6.07, 6.45) is 2.07. The van der Waals surface area contributed by atoms with Crippen LogP contribution in [0.4, 0.5) is 4.39 Å². The highest BCUT2D eigenvalue weighted by Crippen LogP contribution is 2.22. The Morgan fingerprint density at radius 3 is 2.95 bits per heavy atom. The fourth-order valence-corrected chi connectivity index (χ4v) is 2.76. The molecule has 0 aliphatic carbocycles. The first-order valence-corrected chi connectivity index (χ1v) is 7.27. The van der Waals surface area contributed by atoms with Crippen molar-refractivity contribution in [3.8, 4) is 0 Å². The number of likely N-dealkylation sites (N-methyl/N-ethyl adjacent to an activating group) is 1. The predicted octanol–water partition coefficient (Wildman–Crippen LogP) is 3.23. The van der Waals surface area contributed by atoms with Crippen molar-refractivity contribution in [1.29, 1.82) is 0 Å². The zero-order valence-corrected chi connectivity index (χ0v) is 12.5. The van der Waals surface area contributed by atoms with Crippen LogP contribution in [0.25, 0.3) is 0 Å². The van der Waals surface area contributed by atoms with Gasteiger partial charge in [0.2, 0.25) is 0 Å². The first kappa shape index (κ1) is 14.5. The third-order valence-electron chi connectivity index (χ3n) is 3.29. The summed E-state index contributed by atoms with van der Waals surface area (Å²) in [4.78, 5) is 14.0. The Morgan fingerprint density at radius 1 is 1.58 bits per heavy atom. The SMILES string of the molecule is CCN(CC1CCCO1)C(=O)c1c(F)cccc1Br. The van der Waals surface area contributed by atoms with Crippen molar-refractivity contribution >= 4 is 21.8 Å². The van der Waals surface area contributed by atoms with E-state index >= 15 is 0 Å². The number of carbonyl (C=O) groups is 1. The van der Waals surface area contributed by atoms with E-state index in [2.05, 4.69) is 15.9 Å². The summed E-state index contributed by atoms with van der Waals surface area (Å²) in [6, 6.07) is 4.56. The Balaban J connectivity index is 2.15. The summed E-state index contributed by atoms with van der Waals surface area (Å²) in [7, 11) is 0. The number of nitrogens with zero attached hydrogens (tertiary/aromatic N) is 1. The van der Waals surface area contributed by atoms with Gasteiger partial charge in [-0.25, -0.2) is 4.39 Å². The molecule has 0 spiro atoms. The zero-order valence-electron chi connectivity index (χ0n) is 10.9. The number of rotatable bonds is 4. The molecule has 1 aromatic rings. The Labute approximate surface area is 120 Å². The molecule has 0 bridgehead atoms. The summed E-state index contributed by atoms with van der Waals surface area (Å²) in [5, 5.41) is 0. The molecule has 1 aliphatic heterocycles. The Hall–Kier alpha value is -0.940. The second kappa shape index (κ2) is 6.48. The molecular formula is C14H17BrFNO2. The Kier molecular flexibility index (Phi) is 4.93. The number of hydrogen-bond donors (Lipinski definition) is 0. The van der Waals surface area contributed by atoms with E-state index in [0.717, 1.165) is 19.4 Å². The fraction of sp³-hybridized carbons (Fsp3) is 0.500. The van der Waals surface area contributed by atoms with Crippen molar-refractivity contribution in [3.05, 3.63) is 34.1 Å². The van der Waals surface area contributed by atoms with Crippen LogP contribution in [0, 0.1) is 5.82 Å². The van der Waals surface area contributed by atoms with Gasteiger partial charge in [0.1, 0.15) is 5.82 Å². The monoisotopic (exact) mass is 329 g/mol. The molecule has 1 aromatic carbocycles. The van der Waals surface area contributed by atoms with E-state index < -0.39 is 5.82 Å².